The van der Waals surface area contributed by atoms with Crippen LogP contribution in [0.5, 0.6) is 0 Å². The summed E-state index contributed by atoms with van der Waals surface area (Å²) in [5.41, 5.74) is 11.0. The van der Waals surface area contributed by atoms with Crippen LogP contribution in [0.1, 0.15) is 5.56 Å². The van der Waals surface area contributed by atoms with Crippen LogP contribution in [-0.2, 0) is 0 Å². The Bertz CT molecular complexity index is 4950. The molecule has 9 heteroatoms. The van der Waals surface area contributed by atoms with E-state index in [9.17, 15) is 5.26 Å². The molecule has 0 aliphatic heterocycles. The van der Waals surface area contributed by atoms with Gasteiger partial charge in [0.2, 0.25) is 0 Å². The van der Waals surface area contributed by atoms with Gasteiger partial charge in [0.1, 0.15) is 0 Å². The summed E-state index contributed by atoms with van der Waals surface area (Å²) < 4.78 is 9.64. The summed E-state index contributed by atoms with van der Waals surface area (Å²) in [5.74, 6) is 1.30. The van der Waals surface area contributed by atoms with Crippen molar-refractivity contribution in [2.75, 3.05) is 0 Å². The molecule has 342 valence electrons. The Morgan fingerprint density at radius 1 is 0.405 bits per heavy atom. The van der Waals surface area contributed by atoms with E-state index in [-0.39, 0.29) is 0 Å². The quantitative estimate of drug-likeness (QED) is 0.156. The van der Waals surface area contributed by atoms with Crippen LogP contribution < -0.4 is 0 Å². The van der Waals surface area contributed by atoms with E-state index in [0.29, 0.717) is 34.3 Å². The molecule has 74 heavy (non-hydrogen) atoms. The number of aromatic nitrogens is 5. The lowest BCUT2D eigenvalue weighted by molar-refractivity contribution is 1.07. The lowest BCUT2D eigenvalue weighted by Gasteiger charge is -2.16. The molecular formula is C65H35N7S2. The highest BCUT2D eigenvalue weighted by Gasteiger charge is 2.23. The first-order chi connectivity index (χ1) is 36.6. The first kappa shape index (κ1) is 42.0. The van der Waals surface area contributed by atoms with E-state index in [2.05, 4.69) is 166 Å². The number of hydrogen-bond acceptors (Lipinski definition) is 6. The summed E-state index contributed by atoms with van der Waals surface area (Å²) in [6, 6.07) is 75.9. The molecule has 0 amide bonds. The molecule has 0 aliphatic carbocycles. The maximum atomic E-state index is 11.1. The lowest BCUT2D eigenvalue weighted by atomic mass is 9.97. The Labute approximate surface area is 431 Å². The fourth-order valence-electron chi connectivity index (χ4n) is 11.2. The second kappa shape index (κ2) is 16.4. The van der Waals surface area contributed by atoms with Crippen molar-refractivity contribution in [1.82, 2.24) is 24.1 Å². The fourth-order valence-corrected chi connectivity index (χ4v) is 13.7. The van der Waals surface area contributed by atoms with Crippen LogP contribution in [0.3, 0.4) is 0 Å². The van der Waals surface area contributed by atoms with Crippen LogP contribution in [0.4, 0.5) is 5.69 Å². The van der Waals surface area contributed by atoms with Crippen molar-refractivity contribution in [3.63, 3.8) is 0 Å². The van der Waals surface area contributed by atoms with E-state index < -0.39 is 0 Å². The molecule has 5 heterocycles. The van der Waals surface area contributed by atoms with Crippen LogP contribution in [-0.4, -0.2) is 24.1 Å². The SMILES string of the molecule is [C-]#[N+]c1cccc(-c2cc(-n3c4ccccc4c4c5sc6ccccc6c5ccc43)ccc2-c2nc(-c3ccccc3)nc(-c3ccc(-n4c5ccccc5c5c6sc7ccccc7c6ccc54)cc3C#N)n2)c1. The highest BCUT2D eigenvalue weighted by atomic mass is 32.1. The van der Waals surface area contributed by atoms with Crippen LogP contribution in [0, 0.1) is 17.9 Å². The molecule has 0 aliphatic rings. The Morgan fingerprint density at radius 2 is 0.919 bits per heavy atom. The van der Waals surface area contributed by atoms with Crippen molar-refractivity contribution in [3.05, 3.63) is 229 Å². The molecule has 0 radical (unpaired) electrons. The van der Waals surface area contributed by atoms with Gasteiger partial charge in [-0.1, -0.05) is 133 Å². The third-order valence-corrected chi connectivity index (χ3v) is 16.8. The zero-order valence-electron chi connectivity index (χ0n) is 39.2. The normalized spacial score (nSPS) is 11.8. The van der Waals surface area contributed by atoms with Gasteiger partial charge in [-0.25, -0.2) is 19.8 Å². The van der Waals surface area contributed by atoms with Gasteiger partial charge in [-0.05, 0) is 90.0 Å². The molecule has 0 spiro atoms. The maximum absolute atomic E-state index is 11.1. The highest BCUT2D eigenvalue weighted by molar-refractivity contribution is 7.27. The standard InChI is InChI=1S/C65H35N7S2/c1-67-41-17-13-16-39(34-41)52-36-43(72-54-23-10-6-21-51(54)60-56(72)33-31-48-46-19-8-12-25-58(46)74-62(48)60)27-29-49(52)65-69-63(38-14-3-2-4-15-38)68-64(70-65)44-28-26-42(35-40(44)37-66)71-53-22-9-5-20-50(53)59-55(71)32-30-47-45-18-7-11-24-57(45)73-61(47)59/h2-36H. The number of rotatable bonds is 6. The molecule has 15 aromatic rings. The Balaban J connectivity index is 0.931. The van der Waals surface area contributed by atoms with Gasteiger partial charge in [-0.2, -0.15) is 5.26 Å². The van der Waals surface area contributed by atoms with Gasteiger partial charge < -0.3 is 9.13 Å². The summed E-state index contributed by atoms with van der Waals surface area (Å²) in [4.78, 5) is 19.5. The molecule has 15 rings (SSSR count). The molecule has 0 N–H and O–H groups in total. The summed E-state index contributed by atoms with van der Waals surface area (Å²) in [7, 11) is 0. The lowest BCUT2D eigenvalue weighted by Crippen LogP contribution is -2.03. The zero-order valence-corrected chi connectivity index (χ0v) is 40.8. The van der Waals surface area contributed by atoms with Gasteiger partial charge >= 0.3 is 0 Å². The van der Waals surface area contributed by atoms with Gasteiger partial charge in [0, 0.05) is 90.0 Å². The van der Waals surface area contributed by atoms with Crippen LogP contribution in [0.15, 0.2) is 212 Å². The largest absolute Gasteiger partial charge is 0.309 e. The Morgan fingerprint density at radius 3 is 1.53 bits per heavy atom. The van der Waals surface area contributed by atoms with Crippen molar-refractivity contribution < 1.29 is 0 Å². The average molecular weight is 978 g/mol. The second-order valence-electron chi connectivity index (χ2n) is 18.5. The number of hydrogen-bond donors (Lipinski definition) is 0. The molecule has 10 aromatic carbocycles. The number of nitriles is 1. The van der Waals surface area contributed by atoms with E-state index in [1.165, 1.54) is 56.5 Å². The number of benzene rings is 10. The van der Waals surface area contributed by atoms with E-state index in [0.717, 1.165) is 61.1 Å². The minimum atomic E-state index is 0.380. The van der Waals surface area contributed by atoms with E-state index in [1.54, 1.807) is 0 Å². The molecule has 7 nitrogen and oxygen atoms in total. The first-order valence-electron chi connectivity index (χ1n) is 24.3. The second-order valence-corrected chi connectivity index (χ2v) is 20.6. The Kier molecular flexibility index (Phi) is 9.29. The van der Waals surface area contributed by atoms with E-state index in [4.69, 9.17) is 21.5 Å². The fraction of sp³-hybridized carbons (Fsp3) is 0. The van der Waals surface area contributed by atoms with Gasteiger partial charge in [-0.3, -0.25) is 0 Å². The number of para-hydroxylation sites is 2. The number of thiophene rings is 2. The van der Waals surface area contributed by atoms with Gasteiger partial charge in [0.15, 0.2) is 23.2 Å². The summed E-state index contributed by atoms with van der Waals surface area (Å²) in [6.07, 6.45) is 0. The van der Waals surface area contributed by atoms with Crippen molar-refractivity contribution in [2.45, 2.75) is 0 Å². The molecule has 0 unspecified atom stereocenters. The predicted octanol–water partition coefficient (Wildman–Crippen LogP) is 17.9. The molecule has 0 saturated heterocycles. The summed E-state index contributed by atoms with van der Waals surface area (Å²) in [5, 5.41) is 20.9. The van der Waals surface area contributed by atoms with Crippen molar-refractivity contribution in [2.24, 2.45) is 0 Å². The summed E-state index contributed by atoms with van der Waals surface area (Å²) >= 11 is 3.66. The number of fused-ring (bicyclic) bond motifs is 14. The minimum Gasteiger partial charge on any atom is -0.309 e. The van der Waals surface area contributed by atoms with Crippen LogP contribution in [0.2, 0.25) is 0 Å². The molecule has 0 saturated carbocycles. The molecule has 0 bridgehead atoms. The monoisotopic (exact) mass is 977 g/mol. The smallest absolute Gasteiger partial charge is 0.187 e. The van der Waals surface area contributed by atoms with Crippen molar-refractivity contribution in [1.29, 1.82) is 5.26 Å². The van der Waals surface area contributed by atoms with E-state index in [1.807, 2.05) is 89.4 Å². The van der Waals surface area contributed by atoms with Crippen LogP contribution >= 0.6 is 22.7 Å². The molecule has 0 atom stereocenters. The topological polar surface area (TPSA) is 76.7 Å². The molecule has 0 fully saturated rings. The average Bonchev–Trinajstić information content (AvgIpc) is 4.23. The third kappa shape index (κ3) is 6.31. The first-order valence-corrected chi connectivity index (χ1v) is 25.9. The molecule has 5 aromatic heterocycles. The Hall–Kier alpha value is -9.77. The van der Waals surface area contributed by atoms with Gasteiger partial charge in [0.05, 0.1) is 40.3 Å². The van der Waals surface area contributed by atoms with Gasteiger partial charge in [0.25, 0.3) is 0 Å². The zero-order chi connectivity index (χ0) is 49.0. The minimum absolute atomic E-state index is 0.380. The summed E-state index contributed by atoms with van der Waals surface area (Å²) in [6.45, 7) is 8.00. The van der Waals surface area contributed by atoms with Crippen molar-refractivity contribution >= 4 is 112 Å². The number of nitrogens with zero attached hydrogens (tertiary/aromatic N) is 7. The third-order valence-electron chi connectivity index (χ3n) is 14.4. The highest BCUT2D eigenvalue weighted by Crippen LogP contribution is 2.46. The molecular weight excluding hydrogens is 943 g/mol. The van der Waals surface area contributed by atoms with Crippen LogP contribution in [0.25, 0.3) is 145 Å². The van der Waals surface area contributed by atoms with Crippen molar-refractivity contribution in [3.8, 4) is 62.7 Å². The van der Waals surface area contributed by atoms with Gasteiger partial charge in [-0.15, -0.1) is 22.7 Å². The van der Waals surface area contributed by atoms with E-state index >= 15 is 0 Å². The predicted molar refractivity (Wildman–Crippen MR) is 307 cm³/mol. The maximum Gasteiger partial charge on any atom is 0.187 e.